The first kappa shape index (κ1) is 14.5. The van der Waals surface area contributed by atoms with Crippen molar-refractivity contribution in [1.29, 1.82) is 0 Å². The molecule has 5 heteroatoms. The molecule has 1 aromatic heterocycles. The smallest absolute Gasteiger partial charge is 0.240 e. The average molecular weight is 326 g/mol. The monoisotopic (exact) mass is 326 g/mol. The average Bonchev–Trinajstić information content (AvgIpc) is 3.05. The minimum Gasteiger partial charge on any atom is -0.358 e. The van der Waals surface area contributed by atoms with Gasteiger partial charge in [0.15, 0.2) is 0 Å². The highest BCUT2D eigenvalue weighted by molar-refractivity contribution is 7.89. The second kappa shape index (κ2) is 5.22. The maximum Gasteiger partial charge on any atom is 0.240 e. The lowest BCUT2D eigenvalue weighted by atomic mass is 10.1. The summed E-state index contributed by atoms with van der Waals surface area (Å²) >= 11 is 0. The second-order valence-electron chi connectivity index (χ2n) is 6.17. The molecule has 0 saturated carbocycles. The topological polar surface area (TPSA) is 62.0 Å². The van der Waals surface area contributed by atoms with Crippen LogP contribution in [0.4, 0.5) is 0 Å². The number of hydrogen-bond acceptors (Lipinski definition) is 2. The number of hydrogen-bond donors (Lipinski definition) is 2. The van der Waals surface area contributed by atoms with Crippen molar-refractivity contribution in [3.63, 3.8) is 0 Å². The van der Waals surface area contributed by atoms with Crippen molar-refractivity contribution in [2.24, 2.45) is 0 Å². The predicted octanol–water partition coefficient (Wildman–Crippen LogP) is 2.92. The molecule has 0 aliphatic heterocycles. The number of nitrogens with one attached hydrogen (secondary N) is 2. The van der Waals surface area contributed by atoms with Gasteiger partial charge in [-0.2, -0.15) is 0 Å². The zero-order chi connectivity index (χ0) is 16.0. The predicted molar refractivity (Wildman–Crippen MR) is 91.0 cm³/mol. The molecule has 0 radical (unpaired) electrons. The SMILES string of the molecule is Cc1ccc2[nH]c3c(c2c1)CC(NS(=O)(=O)c1ccccc1)C3. The summed E-state index contributed by atoms with van der Waals surface area (Å²) in [5.74, 6) is 0. The molecule has 4 nitrogen and oxygen atoms in total. The van der Waals surface area contributed by atoms with E-state index in [1.54, 1.807) is 24.3 Å². The molecule has 0 fully saturated rings. The van der Waals surface area contributed by atoms with Gasteiger partial charge in [-0.05, 0) is 43.2 Å². The molecule has 2 N–H and O–H groups in total. The van der Waals surface area contributed by atoms with Crippen LogP contribution in [0.3, 0.4) is 0 Å². The molecule has 0 amide bonds. The van der Waals surface area contributed by atoms with E-state index in [4.69, 9.17) is 0 Å². The number of rotatable bonds is 3. The van der Waals surface area contributed by atoms with Gasteiger partial charge in [0.05, 0.1) is 4.90 Å². The van der Waals surface area contributed by atoms with Crippen LogP contribution in [0.1, 0.15) is 16.8 Å². The summed E-state index contributed by atoms with van der Waals surface area (Å²) in [5.41, 5.74) is 4.73. The Hall–Kier alpha value is -2.11. The Kier molecular flexibility index (Phi) is 3.28. The number of H-pyrrole nitrogens is 1. The van der Waals surface area contributed by atoms with Crippen molar-refractivity contribution in [2.45, 2.75) is 30.7 Å². The highest BCUT2D eigenvalue weighted by Gasteiger charge is 2.29. The van der Waals surface area contributed by atoms with Crippen LogP contribution in [0.25, 0.3) is 10.9 Å². The molecule has 0 bridgehead atoms. The Morgan fingerprint density at radius 3 is 2.65 bits per heavy atom. The number of aromatic nitrogens is 1. The lowest BCUT2D eigenvalue weighted by molar-refractivity contribution is 0.555. The van der Waals surface area contributed by atoms with Crippen molar-refractivity contribution < 1.29 is 8.42 Å². The minimum atomic E-state index is -3.46. The van der Waals surface area contributed by atoms with Crippen molar-refractivity contribution in [1.82, 2.24) is 9.71 Å². The van der Waals surface area contributed by atoms with Gasteiger partial charge in [0, 0.05) is 29.1 Å². The van der Waals surface area contributed by atoms with Crippen LogP contribution >= 0.6 is 0 Å². The fourth-order valence-corrected chi connectivity index (χ4v) is 4.62. The van der Waals surface area contributed by atoms with E-state index in [0.717, 1.165) is 17.6 Å². The Bertz CT molecular complexity index is 975. The second-order valence-corrected chi connectivity index (χ2v) is 7.88. The third-order valence-corrected chi connectivity index (χ3v) is 5.96. The first-order valence-electron chi connectivity index (χ1n) is 7.70. The summed E-state index contributed by atoms with van der Waals surface area (Å²) < 4.78 is 27.8. The van der Waals surface area contributed by atoms with E-state index in [2.05, 4.69) is 34.8 Å². The van der Waals surface area contributed by atoms with Crippen LogP contribution < -0.4 is 4.72 Å². The number of fused-ring (bicyclic) bond motifs is 3. The van der Waals surface area contributed by atoms with E-state index in [1.165, 1.54) is 16.5 Å². The fraction of sp³-hybridized carbons (Fsp3) is 0.222. The van der Waals surface area contributed by atoms with Crippen LogP contribution in [0.5, 0.6) is 0 Å². The lowest BCUT2D eigenvalue weighted by Crippen LogP contribution is -2.35. The number of benzene rings is 2. The van der Waals surface area contributed by atoms with Gasteiger partial charge in [0.2, 0.25) is 10.0 Å². The molecule has 1 unspecified atom stereocenters. The van der Waals surface area contributed by atoms with Crippen LogP contribution in [0.2, 0.25) is 0 Å². The summed E-state index contributed by atoms with van der Waals surface area (Å²) in [6, 6.07) is 14.8. The highest BCUT2D eigenvalue weighted by atomic mass is 32.2. The van der Waals surface area contributed by atoms with E-state index in [9.17, 15) is 8.42 Å². The number of sulfonamides is 1. The minimum absolute atomic E-state index is 0.0913. The number of aryl methyl sites for hydroxylation is 1. The van der Waals surface area contributed by atoms with Gasteiger partial charge in [-0.3, -0.25) is 0 Å². The third kappa shape index (κ3) is 2.56. The van der Waals surface area contributed by atoms with E-state index < -0.39 is 10.0 Å². The van der Waals surface area contributed by atoms with E-state index in [0.29, 0.717) is 11.3 Å². The molecule has 0 spiro atoms. The molecule has 1 atom stereocenters. The van der Waals surface area contributed by atoms with Crippen LogP contribution in [0, 0.1) is 6.92 Å². The van der Waals surface area contributed by atoms with Gasteiger partial charge in [-0.25, -0.2) is 13.1 Å². The molecule has 2 aromatic carbocycles. The van der Waals surface area contributed by atoms with Crippen LogP contribution in [-0.4, -0.2) is 19.4 Å². The Labute approximate surface area is 135 Å². The first-order chi connectivity index (χ1) is 11.0. The molecular formula is C18H18N2O2S. The maximum absolute atomic E-state index is 12.5. The Balaban J connectivity index is 1.60. The Morgan fingerprint density at radius 1 is 1.09 bits per heavy atom. The lowest BCUT2D eigenvalue weighted by Gasteiger charge is -2.13. The van der Waals surface area contributed by atoms with Crippen molar-refractivity contribution in [2.75, 3.05) is 0 Å². The van der Waals surface area contributed by atoms with Gasteiger partial charge >= 0.3 is 0 Å². The molecular weight excluding hydrogens is 308 g/mol. The maximum atomic E-state index is 12.5. The molecule has 23 heavy (non-hydrogen) atoms. The third-order valence-electron chi connectivity index (χ3n) is 4.43. The molecule has 1 heterocycles. The quantitative estimate of drug-likeness (QED) is 0.777. The van der Waals surface area contributed by atoms with Gasteiger partial charge in [-0.1, -0.05) is 29.8 Å². The van der Waals surface area contributed by atoms with Gasteiger partial charge < -0.3 is 4.98 Å². The summed E-state index contributed by atoms with van der Waals surface area (Å²) in [4.78, 5) is 3.74. The standard InChI is InChI=1S/C18H18N2O2S/c1-12-7-8-17-15(9-12)16-10-13(11-18(16)19-17)20-23(21,22)14-5-3-2-4-6-14/h2-9,13,19-20H,10-11H2,1H3. The molecule has 1 aliphatic rings. The molecule has 4 rings (SSSR count). The van der Waals surface area contributed by atoms with E-state index in [-0.39, 0.29) is 6.04 Å². The summed E-state index contributed by atoms with van der Waals surface area (Å²) in [7, 11) is -3.46. The van der Waals surface area contributed by atoms with E-state index >= 15 is 0 Å². The highest BCUT2D eigenvalue weighted by Crippen LogP contribution is 2.31. The normalized spacial score (nSPS) is 17.5. The Morgan fingerprint density at radius 2 is 1.87 bits per heavy atom. The molecule has 3 aromatic rings. The van der Waals surface area contributed by atoms with Crippen molar-refractivity contribution >= 4 is 20.9 Å². The largest absolute Gasteiger partial charge is 0.358 e. The summed E-state index contributed by atoms with van der Waals surface area (Å²) in [6.45, 7) is 2.07. The van der Waals surface area contributed by atoms with Gasteiger partial charge in [0.25, 0.3) is 0 Å². The van der Waals surface area contributed by atoms with E-state index in [1.807, 2.05) is 6.07 Å². The van der Waals surface area contributed by atoms with Crippen molar-refractivity contribution in [3.8, 4) is 0 Å². The van der Waals surface area contributed by atoms with Gasteiger partial charge in [0.1, 0.15) is 0 Å². The molecule has 1 aliphatic carbocycles. The fourth-order valence-electron chi connectivity index (χ4n) is 3.36. The molecule has 0 saturated heterocycles. The van der Waals surface area contributed by atoms with Gasteiger partial charge in [-0.15, -0.1) is 0 Å². The van der Waals surface area contributed by atoms with Crippen LogP contribution in [-0.2, 0) is 22.9 Å². The first-order valence-corrected chi connectivity index (χ1v) is 9.19. The molecule has 118 valence electrons. The van der Waals surface area contributed by atoms with Crippen molar-refractivity contribution in [3.05, 3.63) is 65.4 Å². The summed E-state index contributed by atoms with van der Waals surface area (Å²) in [6.07, 6.45) is 1.43. The zero-order valence-electron chi connectivity index (χ0n) is 12.8. The number of aromatic amines is 1. The zero-order valence-corrected chi connectivity index (χ0v) is 13.7. The van der Waals surface area contributed by atoms with Crippen LogP contribution in [0.15, 0.2) is 53.4 Å². The summed E-state index contributed by atoms with van der Waals surface area (Å²) in [5, 5.41) is 1.21.